The first kappa shape index (κ1) is 10.6. The molecule has 17 heavy (non-hydrogen) atoms. The Morgan fingerprint density at radius 1 is 1.29 bits per heavy atom. The highest BCUT2D eigenvalue weighted by Crippen LogP contribution is 2.30. The van der Waals surface area contributed by atoms with Crippen LogP contribution in [0.1, 0.15) is 18.4 Å². The first-order valence-corrected chi connectivity index (χ1v) is 6.36. The summed E-state index contributed by atoms with van der Waals surface area (Å²) < 4.78 is 0. The fourth-order valence-corrected chi connectivity index (χ4v) is 3.09. The molecule has 2 fully saturated rings. The average molecular weight is 227 g/mol. The van der Waals surface area contributed by atoms with E-state index in [-0.39, 0.29) is 0 Å². The molecule has 2 heterocycles. The minimum atomic E-state index is 0.621. The Morgan fingerprint density at radius 2 is 2.18 bits per heavy atom. The Kier molecular flexibility index (Phi) is 2.74. The van der Waals surface area contributed by atoms with Crippen molar-refractivity contribution in [3.05, 3.63) is 29.8 Å². The Labute approximate surface area is 102 Å². The molecule has 3 heteroatoms. The highest BCUT2D eigenvalue weighted by atomic mass is 15.2. The van der Waals surface area contributed by atoms with Crippen LogP contribution in [0.15, 0.2) is 24.3 Å². The number of benzene rings is 1. The van der Waals surface area contributed by atoms with Gasteiger partial charge < -0.3 is 10.2 Å². The number of hydrogen-bond donors (Lipinski definition) is 1. The molecule has 1 aromatic carbocycles. The normalized spacial score (nSPS) is 27.6. The molecule has 0 bridgehead atoms. The molecule has 2 saturated heterocycles. The molecule has 2 aliphatic rings. The second kappa shape index (κ2) is 4.38. The van der Waals surface area contributed by atoms with Crippen LogP contribution in [-0.2, 0) is 0 Å². The molecule has 3 rings (SSSR count). The molecule has 2 atom stereocenters. The van der Waals surface area contributed by atoms with E-state index in [1.54, 1.807) is 0 Å². The minimum absolute atomic E-state index is 0.621. The van der Waals surface area contributed by atoms with Crippen molar-refractivity contribution in [1.29, 1.82) is 5.26 Å². The van der Waals surface area contributed by atoms with Gasteiger partial charge in [0.05, 0.1) is 11.3 Å². The number of para-hydroxylation sites is 1. The molecule has 0 saturated carbocycles. The molecule has 1 aromatic rings. The van der Waals surface area contributed by atoms with Crippen LogP contribution in [0.25, 0.3) is 0 Å². The molecule has 0 amide bonds. The summed E-state index contributed by atoms with van der Waals surface area (Å²) >= 11 is 0. The van der Waals surface area contributed by atoms with E-state index in [9.17, 15) is 0 Å². The number of piperidine rings is 1. The first-order chi connectivity index (χ1) is 8.38. The van der Waals surface area contributed by atoms with Gasteiger partial charge in [0.2, 0.25) is 0 Å². The number of rotatable bonds is 1. The molecule has 0 aromatic heterocycles. The quantitative estimate of drug-likeness (QED) is 0.794. The standard InChI is InChI=1S/C14H17N3/c15-8-11-4-1-2-6-14(11)17-9-12-5-3-7-16-13(12)10-17/h1-2,4,6,12-13,16H,3,5,7,9-10H2. The number of nitriles is 1. The molecular weight excluding hydrogens is 210 g/mol. The summed E-state index contributed by atoms with van der Waals surface area (Å²) in [6.07, 6.45) is 2.61. The predicted molar refractivity (Wildman–Crippen MR) is 67.9 cm³/mol. The van der Waals surface area contributed by atoms with Crippen LogP contribution in [0, 0.1) is 17.2 Å². The van der Waals surface area contributed by atoms with Gasteiger partial charge in [0.25, 0.3) is 0 Å². The maximum absolute atomic E-state index is 9.15. The van der Waals surface area contributed by atoms with Crippen LogP contribution in [0.4, 0.5) is 5.69 Å². The van der Waals surface area contributed by atoms with Crippen molar-refractivity contribution in [2.45, 2.75) is 18.9 Å². The third-order valence-electron chi connectivity index (χ3n) is 3.96. The summed E-state index contributed by atoms with van der Waals surface area (Å²) in [5.41, 5.74) is 1.90. The SMILES string of the molecule is N#Cc1ccccc1N1CC2CCCNC2C1. The molecular formula is C14H17N3. The van der Waals surface area contributed by atoms with Gasteiger partial charge in [0.15, 0.2) is 0 Å². The first-order valence-electron chi connectivity index (χ1n) is 6.36. The summed E-state index contributed by atoms with van der Waals surface area (Å²) in [5.74, 6) is 0.760. The topological polar surface area (TPSA) is 39.1 Å². The van der Waals surface area contributed by atoms with Crippen molar-refractivity contribution in [2.75, 3.05) is 24.5 Å². The van der Waals surface area contributed by atoms with Gasteiger partial charge in [-0.25, -0.2) is 0 Å². The summed E-state index contributed by atoms with van der Waals surface area (Å²) in [6, 6.07) is 10.8. The maximum atomic E-state index is 9.15. The van der Waals surface area contributed by atoms with Crippen molar-refractivity contribution < 1.29 is 0 Å². The Morgan fingerprint density at radius 3 is 3.00 bits per heavy atom. The smallest absolute Gasteiger partial charge is 0.101 e. The van der Waals surface area contributed by atoms with Crippen molar-refractivity contribution in [1.82, 2.24) is 5.32 Å². The summed E-state index contributed by atoms with van der Waals surface area (Å²) in [4.78, 5) is 2.37. The Bertz CT molecular complexity index is 435. The van der Waals surface area contributed by atoms with Gasteiger partial charge in [-0.2, -0.15) is 5.26 Å². The number of nitrogens with one attached hydrogen (secondary N) is 1. The van der Waals surface area contributed by atoms with Crippen molar-refractivity contribution >= 4 is 5.69 Å². The summed E-state index contributed by atoms with van der Waals surface area (Å²) in [7, 11) is 0. The maximum Gasteiger partial charge on any atom is 0.101 e. The van der Waals surface area contributed by atoms with E-state index in [1.807, 2.05) is 18.2 Å². The monoisotopic (exact) mass is 227 g/mol. The van der Waals surface area contributed by atoms with Gasteiger partial charge in [-0.3, -0.25) is 0 Å². The van der Waals surface area contributed by atoms with Gasteiger partial charge in [-0.15, -0.1) is 0 Å². The summed E-state index contributed by atoms with van der Waals surface area (Å²) in [6.45, 7) is 3.29. The molecule has 0 aliphatic carbocycles. The molecule has 0 radical (unpaired) electrons. The Hall–Kier alpha value is -1.53. The fourth-order valence-electron chi connectivity index (χ4n) is 3.09. The largest absolute Gasteiger partial charge is 0.369 e. The Balaban J connectivity index is 1.84. The molecule has 2 aliphatic heterocycles. The lowest BCUT2D eigenvalue weighted by Gasteiger charge is -2.24. The van der Waals surface area contributed by atoms with Crippen molar-refractivity contribution in [3.8, 4) is 6.07 Å². The van der Waals surface area contributed by atoms with Crippen LogP contribution in [-0.4, -0.2) is 25.7 Å². The number of fused-ring (bicyclic) bond motifs is 1. The van der Waals surface area contributed by atoms with E-state index in [4.69, 9.17) is 5.26 Å². The third-order valence-corrected chi connectivity index (χ3v) is 3.96. The molecule has 1 N–H and O–H groups in total. The number of hydrogen-bond acceptors (Lipinski definition) is 3. The molecule has 3 nitrogen and oxygen atoms in total. The second-order valence-electron chi connectivity index (χ2n) is 5.00. The van der Waals surface area contributed by atoms with Gasteiger partial charge in [0, 0.05) is 19.1 Å². The predicted octanol–water partition coefficient (Wildman–Crippen LogP) is 1.75. The van der Waals surface area contributed by atoms with Crippen molar-refractivity contribution in [3.63, 3.8) is 0 Å². The van der Waals surface area contributed by atoms with Crippen LogP contribution >= 0.6 is 0 Å². The zero-order chi connectivity index (χ0) is 11.7. The molecule has 2 unspecified atom stereocenters. The van der Waals surface area contributed by atoms with Crippen LogP contribution in [0.5, 0.6) is 0 Å². The fraction of sp³-hybridized carbons (Fsp3) is 0.500. The van der Waals surface area contributed by atoms with Gasteiger partial charge in [-0.05, 0) is 37.4 Å². The molecule has 0 spiro atoms. The zero-order valence-electron chi connectivity index (χ0n) is 9.89. The van der Waals surface area contributed by atoms with Crippen LogP contribution < -0.4 is 10.2 Å². The number of nitrogens with zero attached hydrogens (tertiary/aromatic N) is 2. The lowest BCUT2D eigenvalue weighted by Crippen LogP contribution is -2.40. The minimum Gasteiger partial charge on any atom is -0.369 e. The molecule has 88 valence electrons. The zero-order valence-corrected chi connectivity index (χ0v) is 9.89. The second-order valence-corrected chi connectivity index (χ2v) is 5.00. The van der Waals surface area contributed by atoms with E-state index in [0.29, 0.717) is 6.04 Å². The van der Waals surface area contributed by atoms with Crippen LogP contribution in [0.3, 0.4) is 0 Å². The van der Waals surface area contributed by atoms with Crippen LogP contribution in [0.2, 0.25) is 0 Å². The van der Waals surface area contributed by atoms with E-state index in [0.717, 1.165) is 36.8 Å². The lowest BCUT2D eigenvalue weighted by molar-refractivity contribution is 0.340. The van der Waals surface area contributed by atoms with E-state index >= 15 is 0 Å². The van der Waals surface area contributed by atoms with E-state index < -0.39 is 0 Å². The van der Waals surface area contributed by atoms with Crippen molar-refractivity contribution in [2.24, 2.45) is 5.92 Å². The average Bonchev–Trinajstić information content (AvgIpc) is 2.82. The van der Waals surface area contributed by atoms with E-state index in [1.165, 1.54) is 12.8 Å². The van der Waals surface area contributed by atoms with Gasteiger partial charge in [-0.1, -0.05) is 12.1 Å². The van der Waals surface area contributed by atoms with E-state index in [2.05, 4.69) is 22.4 Å². The van der Waals surface area contributed by atoms with Gasteiger partial charge >= 0.3 is 0 Å². The lowest BCUT2D eigenvalue weighted by atomic mass is 9.94. The third kappa shape index (κ3) is 1.89. The number of anilines is 1. The highest BCUT2D eigenvalue weighted by Gasteiger charge is 2.34. The van der Waals surface area contributed by atoms with Gasteiger partial charge in [0.1, 0.15) is 6.07 Å². The highest BCUT2D eigenvalue weighted by molar-refractivity contribution is 5.60. The summed E-state index contributed by atoms with van der Waals surface area (Å²) in [5, 5.41) is 12.7.